The first-order chi connectivity index (χ1) is 12.5. The molecule has 1 aromatic rings. The summed E-state index contributed by atoms with van der Waals surface area (Å²) in [5.41, 5.74) is 3.95. The van der Waals surface area contributed by atoms with Crippen LogP contribution in [0.15, 0.2) is 36.4 Å². The largest absolute Gasteiger partial charge is 0.393 e. The number of aliphatic hydroxyl groups excluding tert-OH is 1. The maximum Gasteiger partial charge on any atom is 0.0543 e. The second kappa shape index (κ2) is 5.96. The van der Waals surface area contributed by atoms with E-state index in [-0.39, 0.29) is 6.10 Å². The van der Waals surface area contributed by atoms with Crippen LogP contribution in [-0.2, 0) is 0 Å². The van der Waals surface area contributed by atoms with Gasteiger partial charge in [0, 0.05) is 0 Å². The molecule has 1 heteroatoms. The monoisotopic (exact) mass is 350 g/mol. The van der Waals surface area contributed by atoms with Crippen LogP contribution in [0.3, 0.4) is 0 Å². The van der Waals surface area contributed by atoms with Crippen LogP contribution in [-0.4, -0.2) is 11.2 Å². The molecule has 0 heterocycles. The molecular formula is C25H34O. The van der Waals surface area contributed by atoms with Gasteiger partial charge in [-0.05, 0) is 97.0 Å². The fraction of sp³-hybridized carbons (Fsp3) is 0.680. The molecule has 0 spiro atoms. The maximum absolute atomic E-state index is 10.2. The van der Waals surface area contributed by atoms with E-state index in [1.165, 1.54) is 44.1 Å². The minimum absolute atomic E-state index is 0.0312. The van der Waals surface area contributed by atoms with Crippen molar-refractivity contribution in [2.75, 3.05) is 0 Å². The van der Waals surface area contributed by atoms with Gasteiger partial charge in [0.1, 0.15) is 0 Å². The van der Waals surface area contributed by atoms with E-state index in [0.29, 0.717) is 10.8 Å². The molecule has 3 saturated carbocycles. The summed E-state index contributed by atoms with van der Waals surface area (Å²) in [6.45, 7) is 5.16. The lowest BCUT2D eigenvalue weighted by molar-refractivity contribution is -0.115. The molecule has 0 saturated heterocycles. The number of hydrogen-bond donors (Lipinski definition) is 1. The first-order valence-corrected chi connectivity index (χ1v) is 11.0. The summed E-state index contributed by atoms with van der Waals surface area (Å²) in [6, 6.07) is 11.1. The predicted molar refractivity (Wildman–Crippen MR) is 108 cm³/mol. The van der Waals surface area contributed by atoms with Crippen molar-refractivity contribution in [1.29, 1.82) is 0 Å². The molecule has 0 aromatic heterocycles. The lowest BCUT2D eigenvalue weighted by atomic mass is 9.44. The second-order valence-corrected chi connectivity index (χ2v) is 10.3. The summed E-state index contributed by atoms with van der Waals surface area (Å²) in [5.74, 6) is 3.37. The van der Waals surface area contributed by atoms with Gasteiger partial charge >= 0.3 is 0 Å². The van der Waals surface area contributed by atoms with E-state index in [9.17, 15) is 5.11 Å². The number of benzene rings is 1. The molecule has 0 bridgehead atoms. The first-order valence-electron chi connectivity index (χ1n) is 11.0. The van der Waals surface area contributed by atoms with Crippen molar-refractivity contribution < 1.29 is 5.11 Å². The molecule has 26 heavy (non-hydrogen) atoms. The number of allylic oxidation sites excluding steroid dienone is 2. The highest BCUT2D eigenvalue weighted by molar-refractivity contribution is 5.72. The van der Waals surface area contributed by atoms with Crippen molar-refractivity contribution in [3.05, 3.63) is 42.0 Å². The molecule has 1 N–H and O–H groups in total. The van der Waals surface area contributed by atoms with Crippen molar-refractivity contribution in [1.82, 2.24) is 0 Å². The molecule has 7 atom stereocenters. The van der Waals surface area contributed by atoms with Crippen LogP contribution >= 0.6 is 0 Å². The predicted octanol–water partition coefficient (Wildman–Crippen LogP) is 6.08. The highest BCUT2D eigenvalue weighted by Gasteiger charge is 2.58. The van der Waals surface area contributed by atoms with E-state index < -0.39 is 0 Å². The third-order valence-corrected chi connectivity index (χ3v) is 9.30. The molecule has 140 valence electrons. The topological polar surface area (TPSA) is 20.2 Å². The smallest absolute Gasteiger partial charge is 0.0543 e. The number of fused-ring (bicyclic) bond motifs is 5. The zero-order valence-electron chi connectivity index (χ0n) is 16.5. The van der Waals surface area contributed by atoms with Crippen molar-refractivity contribution >= 4 is 5.57 Å². The van der Waals surface area contributed by atoms with E-state index >= 15 is 0 Å². The van der Waals surface area contributed by atoms with E-state index in [1.54, 1.807) is 5.57 Å². The molecule has 1 aromatic carbocycles. The van der Waals surface area contributed by atoms with Gasteiger partial charge in [-0.1, -0.05) is 50.3 Å². The van der Waals surface area contributed by atoms with Crippen molar-refractivity contribution in [3.63, 3.8) is 0 Å². The molecule has 2 unspecified atom stereocenters. The van der Waals surface area contributed by atoms with Crippen LogP contribution in [0.4, 0.5) is 0 Å². The van der Waals surface area contributed by atoms with Crippen molar-refractivity contribution in [2.24, 2.45) is 34.5 Å². The Bertz CT molecular complexity index is 706. The van der Waals surface area contributed by atoms with Crippen LogP contribution < -0.4 is 0 Å². The van der Waals surface area contributed by atoms with E-state index in [4.69, 9.17) is 0 Å². The Hall–Kier alpha value is -1.08. The molecule has 4 aliphatic rings. The lowest BCUT2D eigenvalue weighted by Gasteiger charge is -2.60. The van der Waals surface area contributed by atoms with Gasteiger partial charge in [0.05, 0.1) is 6.10 Å². The Labute approximate surface area is 158 Å². The minimum atomic E-state index is -0.0312. The fourth-order valence-electron chi connectivity index (χ4n) is 7.87. The molecule has 0 radical (unpaired) electrons. The van der Waals surface area contributed by atoms with Gasteiger partial charge in [-0.2, -0.15) is 0 Å². The van der Waals surface area contributed by atoms with Crippen molar-refractivity contribution in [2.45, 2.75) is 71.3 Å². The number of aliphatic hydroxyl groups is 1. The Balaban J connectivity index is 1.44. The standard InChI is InChI=1S/C25H34O/c1-24-14-12-19(26)16-18(24)8-9-20-22-11-10-21(17-6-4-3-5-7-17)25(22,2)15-13-23(20)24/h3-7,10,18-20,22-23,26H,8-9,11-16H2,1-2H3/t18?,19?,20-,22-,23+,24-,25+/m0/s1. The van der Waals surface area contributed by atoms with Crippen LogP contribution in [0.1, 0.15) is 70.8 Å². The van der Waals surface area contributed by atoms with Crippen LogP contribution in [0.25, 0.3) is 5.57 Å². The van der Waals surface area contributed by atoms with E-state index in [0.717, 1.165) is 36.5 Å². The molecule has 0 aliphatic heterocycles. The molecule has 3 fully saturated rings. The zero-order chi connectivity index (χ0) is 17.9. The minimum Gasteiger partial charge on any atom is -0.393 e. The third-order valence-electron chi connectivity index (χ3n) is 9.30. The summed E-state index contributed by atoms with van der Waals surface area (Å²) < 4.78 is 0. The van der Waals surface area contributed by atoms with Crippen molar-refractivity contribution in [3.8, 4) is 0 Å². The fourth-order valence-corrected chi connectivity index (χ4v) is 7.87. The highest BCUT2D eigenvalue weighted by Crippen LogP contribution is 2.67. The summed E-state index contributed by atoms with van der Waals surface area (Å²) in [5, 5.41) is 10.2. The Kier molecular flexibility index (Phi) is 3.91. The van der Waals surface area contributed by atoms with Gasteiger partial charge < -0.3 is 5.11 Å². The Morgan fingerprint density at radius 2 is 1.73 bits per heavy atom. The van der Waals surface area contributed by atoms with Gasteiger partial charge in [0.25, 0.3) is 0 Å². The SMILES string of the molecule is C[C@]12CCC(O)CC1CC[C@@H]1[C@H]2CC[C@]2(C)C(c3ccccc3)=CC[C@@H]12. The average Bonchev–Trinajstić information content (AvgIpc) is 3.00. The maximum atomic E-state index is 10.2. The quantitative estimate of drug-likeness (QED) is 0.650. The van der Waals surface area contributed by atoms with Gasteiger partial charge in [0.15, 0.2) is 0 Å². The highest BCUT2D eigenvalue weighted by atomic mass is 16.3. The molecule has 4 aliphatic carbocycles. The zero-order valence-corrected chi connectivity index (χ0v) is 16.5. The lowest BCUT2D eigenvalue weighted by Crippen LogP contribution is -2.53. The van der Waals surface area contributed by atoms with Gasteiger partial charge in [-0.15, -0.1) is 0 Å². The van der Waals surface area contributed by atoms with Crippen LogP contribution in [0, 0.1) is 34.5 Å². The summed E-state index contributed by atoms with van der Waals surface area (Å²) in [7, 11) is 0. The summed E-state index contributed by atoms with van der Waals surface area (Å²) >= 11 is 0. The average molecular weight is 351 g/mol. The molecule has 5 rings (SSSR count). The number of rotatable bonds is 1. The normalized spacial score (nSPS) is 47.5. The Morgan fingerprint density at radius 3 is 2.54 bits per heavy atom. The van der Waals surface area contributed by atoms with Crippen LogP contribution in [0.5, 0.6) is 0 Å². The Morgan fingerprint density at radius 1 is 0.923 bits per heavy atom. The second-order valence-electron chi connectivity index (χ2n) is 10.3. The van der Waals surface area contributed by atoms with Crippen LogP contribution in [0.2, 0.25) is 0 Å². The molecular weight excluding hydrogens is 316 g/mol. The number of hydrogen-bond acceptors (Lipinski definition) is 1. The van der Waals surface area contributed by atoms with Gasteiger partial charge in [0.2, 0.25) is 0 Å². The summed E-state index contributed by atoms with van der Waals surface area (Å²) in [4.78, 5) is 0. The summed E-state index contributed by atoms with van der Waals surface area (Å²) in [6.07, 6.45) is 12.7. The van der Waals surface area contributed by atoms with Gasteiger partial charge in [-0.25, -0.2) is 0 Å². The van der Waals surface area contributed by atoms with Gasteiger partial charge in [-0.3, -0.25) is 0 Å². The third kappa shape index (κ3) is 2.32. The first kappa shape index (κ1) is 17.0. The molecule has 1 nitrogen and oxygen atoms in total. The van der Waals surface area contributed by atoms with E-state index in [2.05, 4.69) is 50.3 Å². The van der Waals surface area contributed by atoms with E-state index in [1.807, 2.05) is 0 Å². The molecule has 0 amide bonds.